The van der Waals surface area contributed by atoms with E-state index in [1.807, 2.05) is 38.1 Å². The zero-order chi connectivity index (χ0) is 22.1. The van der Waals surface area contributed by atoms with E-state index in [9.17, 15) is 9.59 Å². The first-order chi connectivity index (χ1) is 14.3. The monoisotopic (exact) mass is 432 g/mol. The Labute approximate surface area is 183 Å². The summed E-state index contributed by atoms with van der Waals surface area (Å²) < 4.78 is 10.9. The van der Waals surface area contributed by atoms with E-state index in [4.69, 9.17) is 21.1 Å². The van der Waals surface area contributed by atoms with Crippen molar-refractivity contribution in [2.45, 2.75) is 45.8 Å². The highest BCUT2D eigenvalue weighted by Crippen LogP contribution is 2.18. The fraction of sp³-hybridized carbons (Fsp3) is 0.391. The van der Waals surface area contributed by atoms with Crippen LogP contribution in [0, 0.1) is 0 Å². The van der Waals surface area contributed by atoms with E-state index in [1.54, 1.807) is 38.3 Å². The van der Waals surface area contributed by atoms with Crippen LogP contribution in [0.15, 0.2) is 48.5 Å². The summed E-state index contributed by atoms with van der Waals surface area (Å²) in [6.07, 6.45) is 0.808. The number of hydrogen-bond acceptors (Lipinski definition) is 4. The minimum Gasteiger partial charge on any atom is -0.497 e. The van der Waals surface area contributed by atoms with Crippen LogP contribution in [-0.4, -0.2) is 42.5 Å². The van der Waals surface area contributed by atoms with Gasteiger partial charge in [-0.15, -0.1) is 0 Å². The third-order valence-electron chi connectivity index (χ3n) is 4.83. The van der Waals surface area contributed by atoms with Gasteiger partial charge in [-0.3, -0.25) is 9.59 Å². The third-order valence-corrected chi connectivity index (χ3v) is 5.08. The first-order valence-electron chi connectivity index (χ1n) is 9.95. The summed E-state index contributed by atoms with van der Waals surface area (Å²) in [6, 6.07) is 13.6. The molecule has 0 aliphatic rings. The summed E-state index contributed by atoms with van der Waals surface area (Å²) in [7, 11) is 1.59. The number of halogens is 1. The van der Waals surface area contributed by atoms with Gasteiger partial charge in [0.2, 0.25) is 5.91 Å². The van der Waals surface area contributed by atoms with Crippen molar-refractivity contribution in [3.05, 3.63) is 59.1 Å². The SMILES string of the molecule is CC[C@H](C)NC(=O)[C@@H](C)N(Cc1cccc(OC)c1)C(=O)COc1ccc(Cl)cc1. The van der Waals surface area contributed by atoms with Crippen LogP contribution in [0.25, 0.3) is 0 Å². The zero-order valence-corrected chi connectivity index (χ0v) is 18.6. The van der Waals surface area contributed by atoms with Crippen LogP contribution in [0.3, 0.4) is 0 Å². The molecule has 0 saturated carbocycles. The van der Waals surface area contributed by atoms with Gasteiger partial charge in [-0.2, -0.15) is 0 Å². The predicted octanol–water partition coefficient (Wildman–Crippen LogP) is 4.06. The summed E-state index contributed by atoms with van der Waals surface area (Å²) >= 11 is 5.88. The molecule has 2 amide bonds. The lowest BCUT2D eigenvalue weighted by Crippen LogP contribution is -2.50. The second kappa shape index (κ2) is 11.5. The topological polar surface area (TPSA) is 67.9 Å². The number of methoxy groups -OCH3 is 1. The molecule has 0 aliphatic carbocycles. The summed E-state index contributed by atoms with van der Waals surface area (Å²) in [5, 5.41) is 3.53. The molecule has 2 rings (SSSR count). The molecule has 7 heteroatoms. The zero-order valence-electron chi connectivity index (χ0n) is 17.9. The lowest BCUT2D eigenvalue weighted by atomic mass is 10.1. The van der Waals surface area contributed by atoms with Gasteiger partial charge in [0, 0.05) is 17.6 Å². The van der Waals surface area contributed by atoms with Crippen molar-refractivity contribution in [3.63, 3.8) is 0 Å². The first kappa shape index (κ1) is 23.5. The molecule has 2 aromatic rings. The molecule has 162 valence electrons. The summed E-state index contributed by atoms with van der Waals surface area (Å²) in [6.45, 7) is 5.72. The summed E-state index contributed by atoms with van der Waals surface area (Å²) in [5.74, 6) is 0.728. The third kappa shape index (κ3) is 6.95. The molecule has 0 bridgehead atoms. The van der Waals surface area contributed by atoms with Crippen LogP contribution in [-0.2, 0) is 16.1 Å². The second-order valence-electron chi connectivity index (χ2n) is 7.11. The maximum Gasteiger partial charge on any atom is 0.261 e. The molecule has 0 aromatic heterocycles. The van der Waals surface area contributed by atoms with Crippen molar-refractivity contribution in [1.82, 2.24) is 10.2 Å². The van der Waals surface area contributed by atoms with Gasteiger partial charge in [-0.25, -0.2) is 0 Å². The van der Waals surface area contributed by atoms with Crippen molar-refractivity contribution in [1.29, 1.82) is 0 Å². The van der Waals surface area contributed by atoms with Crippen molar-refractivity contribution in [3.8, 4) is 11.5 Å². The Bertz CT molecular complexity index is 841. The van der Waals surface area contributed by atoms with Crippen LogP contribution in [0.4, 0.5) is 0 Å². The molecule has 6 nitrogen and oxygen atoms in total. The van der Waals surface area contributed by atoms with E-state index in [1.165, 1.54) is 4.90 Å². The number of ether oxygens (including phenoxy) is 2. The van der Waals surface area contributed by atoms with Gasteiger partial charge in [-0.1, -0.05) is 30.7 Å². The predicted molar refractivity (Wildman–Crippen MR) is 118 cm³/mol. The lowest BCUT2D eigenvalue weighted by Gasteiger charge is -2.29. The standard InChI is InChI=1S/C23H29ClN2O4/c1-5-16(2)25-23(28)17(3)26(14-18-7-6-8-21(13-18)29-4)22(27)15-30-20-11-9-19(24)10-12-20/h6-13,16-17H,5,14-15H2,1-4H3,(H,25,28)/t16-,17+/m0/s1. The number of hydrogen-bond donors (Lipinski definition) is 1. The number of amides is 2. The van der Waals surface area contributed by atoms with Crippen molar-refractivity contribution in [2.24, 2.45) is 0 Å². The van der Waals surface area contributed by atoms with Crippen LogP contribution < -0.4 is 14.8 Å². The van der Waals surface area contributed by atoms with Crippen LogP contribution >= 0.6 is 11.6 Å². The summed E-state index contributed by atoms with van der Waals surface area (Å²) in [4.78, 5) is 27.2. The number of benzene rings is 2. The van der Waals surface area contributed by atoms with Gasteiger partial charge in [0.1, 0.15) is 17.5 Å². The fourth-order valence-corrected chi connectivity index (χ4v) is 2.90. The highest BCUT2D eigenvalue weighted by molar-refractivity contribution is 6.30. The van der Waals surface area contributed by atoms with Gasteiger partial charge in [0.25, 0.3) is 5.91 Å². The highest BCUT2D eigenvalue weighted by atomic mass is 35.5. The Kier molecular flexibility index (Phi) is 8.99. The molecule has 0 unspecified atom stereocenters. The van der Waals surface area contributed by atoms with Gasteiger partial charge in [0.05, 0.1) is 7.11 Å². The maximum absolute atomic E-state index is 13.0. The van der Waals surface area contributed by atoms with E-state index in [0.717, 1.165) is 12.0 Å². The van der Waals surface area contributed by atoms with Crippen LogP contribution in [0.1, 0.15) is 32.8 Å². The van der Waals surface area contributed by atoms with Crippen molar-refractivity contribution in [2.75, 3.05) is 13.7 Å². The first-order valence-corrected chi connectivity index (χ1v) is 10.3. The Balaban J connectivity index is 2.16. The number of nitrogens with one attached hydrogen (secondary N) is 1. The normalized spacial score (nSPS) is 12.6. The molecule has 1 N–H and O–H groups in total. The molecule has 0 spiro atoms. The molecule has 0 fully saturated rings. The lowest BCUT2D eigenvalue weighted by molar-refractivity contribution is -0.142. The second-order valence-corrected chi connectivity index (χ2v) is 7.55. The minimum atomic E-state index is -0.661. The number of carbonyl (C=O) groups is 2. The Morgan fingerprint density at radius 1 is 1.10 bits per heavy atom. The molecule has 0 saturated heterocycles. The van der Waals surface area contributed by atoms with E-state index >= 15 is 0 Å². The van der Waals surface area contributed by atoms with Crippen LogP contribution in [0.5, 0.6) is 11.5 Å². The number of nitrogens with zero attached hydrogens (tertiary/aromatic N) is 1. The molecule has 2 atom stereocenters. The van der Waals surface area contributed by atoms with Gasteiger partial charge >= 0.3 is 0 Å². The van der Waals surface area contributed by atoms with Crippen molar-refractivity contribution < 1.29 is 19.1 Å². The summed E-state index contributed by atoms with van der Waals surface area (Å²) in [5.41, 5.74) is 0.859. The van der Waals surface area contributed by atoms with E-state index in [0.29, 0.717) is 16.5 Å². The minimum absolute atomic E-state index is 0.0269. The van der Waals surface area contributed by atoms with Crippen LogP contribution in [0.2, 0.25) is 5.02 Å². The van der Waals surface area contributed by atoms with Gasteiger partial charge in [-0.05, 0) is 62.2 Å². The average molecular weight is 433 g/mol. The average Bonchev–Trinajstić information content (AvgIpc) is 2.76. The number of rotatable bonds is 10. The molecule has 0 radical (unpaired) electrons. The molecular formula is C23H29ClN2O4. The largest absolute Gasteiger partial charge is 0.497 e. The van der Waals surface area contributed by atoms with Gasteiger partial charge in [0.15, 0.2) is 6.61 Å². The molecule has 0 aliphatic heterocycles. The molecule has 0 heterocycles. The quantitative estimate of drug-likeness (QED) is 0.614. The van der Waals surface area contributed by atoms with E-state index < -0.39 is 6.04 Å². The molecule has 30 heavy (non-hydrogen) atoms. The smallest absolute Gasteiger partial charge is 0.261 e. The Morgan fingerprint density at radius 3 is 2.43 bits per heavy atom. The Hall–Kier alpha value is -2.73. The Morgan fingerprint density at radius 2 is 1.80 bits per heavy atom. The molecular weight excluding hydrogens is 404 g/mol. The highest BCUT2D eigenvalue weighted by Gasteiger charge is 2.27. The van der Waals surface area contributed by atoms with E-state index in [-0.39, 0.29) is 31.0 Å². The molecule has 2 aromatic carbocycles. The van der Waals surface area contributed by atoms with E-state index in [2.05, 4.69) is 5.32 Å². The maximum atomic E-state index is 13.0. The fourth-order valence-electron chi connectivity index (χ4n) is 2.77. The van der Waals surface area contributed by atoms with Crippen molar-refractivity contribution >= 4 is 23.4 Å². The number of carbonyl (C=O) groups excluding carboxylic acids is 2. The van der Waals surface area contributed by atoms with Gasteiger partial charge < -0.3 is 19.7 Å².